The van der Waals surface area contributed by atoms with Crippen molar-refractivity contribution in [3.8, 4) is 11.3 Å². The van der Waals surface area contributed by atoms with E-state index in [0.717, 1.165) is 53.9 Å². The molecule has 2 heterocycles. The Bertz CT molecular complexity index is 729. The van der Waals surface area contributed by atoms with Crippen molar-refractivity contribution in [1.82, 2.24) is 9.88 Å². The summed E-state index contributed by atoms with van der Waals surface area (Å²) in [6.07, 6.45) is 4.25. The molecule has 0 spiro atoms. The van der Waals surface area contributed by atoms with E-state index < -0.39 is 0 Å². The molecule has 2 amide bonds. The van der Waals surface area contributed by atoms with Crippen molar-refractivity contribution in [1.29, 1.82) is 0 Å². The molecule has 1 aromatic heterocycles. The Morgan fingerprint density at radius 2 is 2.12 bits per heavy atom. The molecule has 2 aliphatic rings. The summed E-state index contributed by atoms with van der Waals surface area (Å²) in [5, 5.41) is 3.05. The lowest BCUT2D eigenvalue weighted by molar-refractivity contribution is 0.197. The standard InChI is InChI=1S/C19H21N3O.CH4/c1-13-5-6-16(11-17(13)18-4-2-3-8-20-18)21-19(23)22-9-7-14-10-15(14)12-22;/h2-6,8,11,14-15H,7,9-10,12H2,1H3,(H,21,23);1H4. The summed E-state index contributed by atoms with van der Waals surface area (Å²) in [4.78, 5) is 18.8. The maximum atomic E-state index is 12.5. The Morgan fingerprint density at radius 3 is 2.88 bits per heavy atom. The van der Waals surface area contributed by atoms with E-state index >= 15 is 0 Å². The van der Waals surface area contributed by atoms with Crippen molar-refractivity contribution >= 4 is 11.7 Å². The van der Waals surface area contributed by atoms with Gasteiger partial charge in [0, 0.05) is 30.5 Å². The summed E-state index contributed by atoms with van der Waals surface area (Å²) in [7, 11) is 0. The minimum Gasteiger partial charge on any atom is -0.324 e. The Labute approximate surface area is 143 Å². The highest BCUT2D eigenvalue weighted by molar-refractivity contribution is 5.90. The Hall–Kier alpha value is -2.36. The van der Waals surface area contributed by atoms with Crippen LogP contribution in [0.15, 0.2) is 42.6 Å². The molecule has 1 aliphatic heterocycles. The van der Waals surface area contributed by atoms with E-state index in [1.165, 1.54) is 6.42 Å². The minimum atomic E-state index is 0. The third-order valence-electron chi connectivity index (χ3n) is 5.01. The first-order chi connectivity index (χ1) is 11.2. The number of carbonyl (C=O) groups is 1. The fourth-order valence-corrected chi connectivity index (χ4v) is 3.47. The summed E-state index contributed by atoms with van der Waals surface area (Å²) >= 11 is 0. The van der Waals surface area contributed by atoms with Gasteiger partial charge in [-0.25, -0.2) is 4.79 Å². The van der Waals surface area contributed by atoms with Gasteiger partial charge in [0.05, 0.1) is 5.69 Å². The number of benzene rings is 1. The van der Waals surface area contributed by atoms with Gasteiger partial charge in [0.1, 0.15) is 0 Å². The highest BCUT2D eigenvalue weighted by Gasteiger charge is 2.42. The number of anilines is 1. The molecule has 1 saturated heterocycles. The number of nitrogens with zero attached hydrogens (tertiary/aromatic N) is 2. The van der Waals surface area contributed by atoms with Crippen LogP contribution in [0.25, 0.3) is 11.3 Å². The number of hydrogen-bond acceptors (Lipinski definition) is 2. The van der Waals surface area contributed by atoms with E-state index in [4.69, 9.17) is 0 Å². The second kappa shape index (κ2) is 6.63. The summed E-state index contributed by atoms with van der Waals surface area (Å²) in [5.74, 6) is 1.63. The van der Waals surface area contributed by atoms with Crippen LogP contribution >= 0.6 is 0 Å². The third-order valence-corrected chi connectivity index (χ3v) is 5.01. The molecule has 2 fully saturated rings. The lowest BCUT2D eigenvalue weighted by Gasteiger charge is -2.26. The second-order valence-corrected chi connectivity index (χ2v) is 6.67. The number of fused-ring (bicyclic) bond motifs is 1. The van der Waals surface area contributed by atoms with Gasteiger partial charge >= 0.3 is 6.03 Å². The zero-order valence-corrected chi connectivity index (χ0v) is 13.3. The maximum Gasteiger partial charge on any atom is 0.321 e. The predicted octanol–water partition coefficient (Wildman–Crippen LogP) is 4.57. The number of nitrogens with one attached hydrogen (secondary N) is 1. The Balaban J connectivity index is 0.00000169. The first-order valence-electron chi connectivity index (χ1n) is 8.29. The van der Waals surface area contributed by atoms with Gasteiger partial charge in [-0.1, -0.05) is 19.6 Å². The average Bonchev–Trinajstić information content (AvgIpc) is 3.36. The molecule has 1 aromatic carbocycles. The van der Waals surface area contributed by atoms with Crippen molar-refractivity contribution in [2.24, 2.45) is 11.8 Å². The van der Waals surface area contributed by atoms with Crippen molar-refractivity contribution in [3.63, 3.8) is 0 Å². The quantitative estimate of drug-likeness (QED) is 0.880. The first kappa shape index (κ1) is 16.5. The van der Waals surface area contributed by atoms with Crippen LogP contribution in [0.1, 0.15) is 25.8 Å². The van der Waals surface area contributed by atoms with Gasteiger partial charge in [-0.05, 0) is 61.4 Å². The molecule has 4 rings (SSSR count). The average molecular weight is 323 g/mol. The second-order valence-electron chi connectivity index (χ2n) is 6.67. The van der Waals surface area contributed by atoms with Crippen molar-refractivity contribution in [3.05, 3.63) is 48.2 Å². The van der Waals surface area contributed by atoms with Crippen molar-refractivity contribution in [2.45, 2.75) is 27.2 Å². The molecule has 2 atom stereocenters. The number of pyridine rings is 1. The van der Waals surface area contributed by atoms with E-state index in [2.05, 4.69) is 17.2 Å². The molecule has 4 heteroatoms. The molecule has 2 unspecified atom stereocenters. The SMILES string of the molecule is C.Cc1ccc(NC(=O)N2CCC3CC3C2)cc1-c1ccccn1. The van der Waals surface area contributed by atoms with Crippen LogP contribution in [0.4, 0.5) is 10.5 Å². The van der Waals surface area contributed by atoms with Gasteiger partial charge < -0.3 is 10.2 Å². The molecule has 1 N–H and O–H groups in total. The minimum absolute atomic E-state index is 0. The molecule has 0 radical (unpaired) electrons. The van der Waals surface area contributed by atoms with Crippen LogP contribution in [0.2, 0.25) is 0 Å². The summed E-state index contributed by atoms with van der Waals surface area (Å²) in [6, 6.07) is 11.9. The van der Waals surface area contributed by atoms with Crippen LogP contribution in [0, 0.1) is 18.8 Å². The number of carbonyl (C=O) groups excluding carboxylic acids is 1. The maximum absolute atomic E-state index is 12.5. The Kier molecular flexibility index (Phi) is 4.56. The van der Waals surface area contributed by atoms with Crippen molar-refractivity contribution < 1.29 is 4.79 Å². The number of urea groups is 1. The predicted molar refractivity (Wildman–Crippen MR) is 97.9 cm³/mol. The normalized spacial score (nSPS) is 21.5. The number of hydrogen-bond donors (Lipinski definition) is 1. The molecule has 1 saturated carbocycles. The molecular formula is C20H25N3O. The van der Waals surface area contributed by atoms with Gasteiger partial charge in [-0.3, -0.25) is 4.98 Å². The van der Waals surface area contributed by atoms with E-state index in [1.807, 2.05) is 41.3 Å². The first-order valence-corrected chi connectivity index (χ1v) is 8.29. The van der Waals surface area contributed by atoms with Crippen molar-refractivity contribution in [2.75, 3.05) is 18.4 Å². The van der Waals surface area contributed by atoms with E-state index in [9.17, 15) is 4.79 Å². The molecular weight excluding hydrogens is 298 g/mol. The molecule has 24 heavy (non-hydrogen) atoms. The third kappa shape index (κ3) is 3.28. The molecule has 2 aromatic rings. The topological polar surface area (TPSA) is 45.2 Å². The van der Waals surface area contributed by atoms with Crippen LogP contribution < -0.4 is 5.32 Å². The highest BCUT2D eigenvalue weighted by atomic mass is 16.2. The van der Waals surface area contributed by atoms with Crippen LogP contribution in [-0.4, -0.2) is 29.0 Å². The zero-order chi connectivity index (χ0) is 15.8. The number of aromatic nitrogens is 1. The van der Waals surface area contributed by atoms with Gasteiger partial charge in [-0.2, -0.15) is 0 Å². The summed E-state index contributed by atoms with van der Waals surface area (Å²) in [6.45, 7) is 3.86. The number of amides is 2. The molecule has 4 nitrogen and oxygen atoms in total. The van der Waals surface area contributed by atoms with E-state index in [0.29, 0.717) is 0 Å². The van der Waals surface area contributed by atoms with Crippen LogP contribution in [-0.2, 0) is 0 Å². The number of rotatable bonds is 2. The monoisotopic (exact) mass is 323 g/mol. The fourth-order valence-electron chi connectivity index (χ4n) is 3.47. The number of likely N-dealkylation sites (tertiary alicyclic amines) is 1. The van der Waals surface area contributed by atoms with E-state index in [1.54, 1.807) is 6.20 Å². The van der Waals surface area contributed by atoms with Gasteiger partial charge in [0.25, 0.3) is 0 Å². The smallest absolute Gasteiger partial charge is 0.321 e. The van der Waals surface area contributed by atoms with E-state index in [-0.39, 0.29) is 13.5 Å². The lowest BCUT2D eigenvalue weighted by Crippen LogP contribution is -2.39. The Morgan fingerprint density at radius 1 is 1.25 bits per heavy atom. The number of piperidine rings is 1. The van der Waals surface area contributed by atoms with Gasteiger partial charge in [0.15, 0.2) is 0 Å². The summed E-state index contributed by atoms with van der Waals surface area (Å²) < 4.78 is 0. The van der Waals surface area contributed by atoms with Gasteiger partial charge in [-0.15, -0.1) is 0 Å². The largest absolute Gasteiger partial charge is 0.324 e. The molecule has 1 aliphatic carbocycles. The molecule has 126 valence electrons. The fraction of sp³-hybridized carbons (Fsp3) is 0.400. The van der Waals surface area contributed by atoms with Crippen LogP contribution in [0.5, 0.6) is 0 Å². The summed E-state index contributed by atoms with van der Waals surface area (Å²) in [5.41, 5.74) is 3.98. The number of aryl methyl sites for hydroxylation is 1. The zero-order valence-electron chi connectivity index (χ0n) is 13.3. The lowest BCUT2D eigenvalue weighted by atomic mass is 10.0. The van der Waals surface area contributed by atoms with Crippen LogP contribution in [0.3, 0.4) is 0 Å². The highest BCUT2D eigenvalue weighted by Crippen LogP contribution is 2.44. The van der Waals surface area contributed by atoms with Gasteiger partial charge in [0.2, 0.25) is 0 Å². The molecule has 0 bridgehead atoms.